The first kappa shape index (κ1) is 13.1. The molecule has 0 aliphatic carbocycles. The Morgan fingerprint density at radius 1 is 1.12 bits per heavy atom. The third-order valence-corrected chi connectivity index (χ3v) is 2.09. The van der Waals surface area contributed by atoms with Gasteiger partial charge in [-0.1, -0.05) is 0 Å². The Hall–Kier alpha value is -0.970. The van der Waals surface area contributed by atoms with E-state index in [9.17, 15) is 25.2 Å². The van der Waals surface area contributed by atoms with Crippen LogP contribution < -0.4 is 0 Å². The van der Waals surface area contributed by atoms with Crippen LogP contribution in [0.2, 0.25) is 0 Å². The van der Waals surface area contributed by atoms with Crippen LogP contribution in [0, 0.1) is 0 Å². The van der Waals surface area contributed by atoms with Crippen molar-refractivity contribution in [1.29, 1.82) is 0 Å². The van der Waals surface area contributed by atoms with E-state index in [4.69, 9.17) is 10.2 Å². The highest BCUT2D eigenvalue weighted by Gasteiger charge is 2.58. The Bertz CT molecular complexity index is 259. The van der Waals surface area contributed by atoms with Crippen LogP contribution >= 0.6 is 0 Å². The van der Waals surface area contributed by atoms with Gasteiger partial charge in [-0.05, 0) is 0 Å². The molecule has 0 radical (unpaired) electrons. The molecule has 0 amide bonds. The maximum absolute atomic E-state index is 10.3. The summed E-state index contributed by atoms with van der Waals surface area (Å²) in [6, 6.07) is 0. The predicted octanol–water partition coefficient (Wildman–Crippen LogP) is -3.76. The molecule has 1 fully saturated rings. The third kappa shape index (κ3) is 2.24. The molecule has 0 aromatic heterocycles. The molecular formula is C7H12O9. The summed E-state index contributed by atoms with van der Waals surface area (Å²) in [5.41, 5.74) is 0. The quantitative estimate of drug-likeness (QED) is 0.265. The van der Waals surface area contributed by atoms with E-state index >= 15 is 0 Å². The molecule has 1 aliphatic heterocycles. The van der Waals surface area contributed by atoms with E-state index in [2.05, 4.69) is 9.47 Å². The minimum Gasteiger partial charge on any atom is -0.394 e. The zero-order valence-electron chi connectivity index (χ0n) is 7.92. The number of aliphatic hydroxyl groups is 6. The molecule has 16 heavy (non-hydrogen) atoms. The number of hydrogen-bond acceptors (Lipinski definition) is 9. The fourth-order valence-corrected chi connectivity index (χ4v) is 1.11. The number of aliphatic hydroxyl groups excluding tert-OH is 5. The molecular weight excluding hydrogens is 228 g/mol. The minimum atomic E-state index is -2.76. The van der Waals surface area contributed by atoms with Crippen molar-refractivity contribution in [2.75, 3.05) is 6.61 Å². The van der Waals surface area contributed by atoms with Crippen molar-refractivity contribution in [3.63, 3.8) is 0 Å². The molecule has 0 spiro atoms. The van der Waals surface area contributed by atoms with Gasteiger partial charge in [0.2, 0.25) is 0 Å². The second-order valence-electron chi connectivity index (χ2n) is 3.26. The summed E-state index contributed by atoms with van der Waals surface area (Å²) in [6.45, 7) is -0.871. The Kier molecular flexibility index (Phi) is 3.68. The average molecular weight is 240 g/mol. The zero-order chi connectivity index (χ0) is 12.5. The molecule has 1 heterocycles. The van der Waals surface area contributed by atoms with Crippen LogP contribution in [0.1, 0.15) is 0 Å². The molecule has 0 saturated carbocycles. The van der Waals surface area contributed by atoms with Gasteiger partial charge in [0, 0.05) is 0 Å². The van der Waals surface area contributed by atoms with Gasteiger partial charge in [-0.3, -0.25) is 0 Å². The minimum absolute atomic E-state index is 0.871. The summed E-state index contributed by atoms with van der Waals surface area (Å²) in [4.78, 5) is 10.3. The SMILES string of the molecule is O=C1OC(O)(C(O)C(O)C(O)C(O)CO)O1. The van der Waals surface area contributed by atoms with Crippen LogP contribution in [0.15, 0.2) is 0 Å². The summed E-state index contributed by atoms with van der Waals surface area (Å²) in [6.07, 6.45) is -9.22. The lowest BCUT2D eigenvalue weighted by atomic mass is 10.0. The van der Waals surface area contributed by atoms with Crippen LogP contribution in [0.25, 0.3) is 0 Å². The first-order valence-electron chi connectivity index (χ1n) is 4.29. The number of cyclic esters (lactones) is 2. The van der Waals surface area contributed by atoms with E-state index in [0.717, 1.165) is 0 Å². The van der Waals surface area contributed by atoms with Gasteiger partial charge in [-0.25, -0.2) is 4.79 Å². The Balaban J connectivity index is 2.60. The van der Waals surface area contributed by atoms with Gasteiger partial charge >= 0.3 is 12.1 Å². The zero-order valence-corrected chi connectivity index (χ0v) is 7.92. The highest BCUT2D eigenvalue weighted by Crippen LogP contribution is 2.28. The topological polar surface area (TPSA) is 157 Å². The van der Waals surface area contributed by atoms with Crippen LogP contribution in [0.4, 0.5) is 4.79 Å². The number of carbonyl (C=O) groups excluding carboxylic acids is 1. The van der Waals surface area contributed by atoms with Crippen molar-refractivity contribution in [1.82, 2.24) is 0 Å². The highest BCUT2D eigenvalue weighted by molar-refractivity contribution is 5.65. The van der Waals surface area contributed by atoms with Gasteiger partial charge < -0.3 is 40.1 Å². The molecule has 0 bridgehead atoms. The second-order valence-corrected chi connectivity index (χ2v) is 3.26. The monoisotopic (exact) mass is 240 g/mol. The summed E-state index contributed by atoms with van der Waals surface area (Å²) in [5.74, 6) is -2.76. The Morgan fingerprint density at radius 3 is 2.00 bits per heavy atom. The van der Waals surface area contributed by atoms with E-state index in [0.29, 0.717) is 0 Å². The van der Waals surface area contributed by atoms with E-state index in [1.807, 2.05) is 0 Å². The molecule has 9 nitrogen and oxygen atoms in total. The fourth-order valence-electron chi connectivity index (χ4n) is 1.11. The van der Waals surface area contributed by atoms with Crippen molar-refractivity contribution in [3.05, 3.63) is 0 Å². The second kappa shape index (κ2) is 4.49. The lowest BCUT2D eigenvalue weighted by Crippen LogP contribution is -2.64. The van der Waals surface area contributed by atoms with Gasteiger partial charge in [0.1, 0.15) is 18.3 Å². The first-order valence-corrected chi connectivity index (χ1v) is 4.29. The molecule has 6 N–H and O–H groups in total. The fraction of sp³-hybridized carbons (Fsp3) is 0.857. The van der Waals surface area contributed by atoms with Crippen LogP contribution in [0.5, 0.6) is 0 Å². The predicted molar refractivity (Wildman–Crippen MR) is 43.6 cm³/mol. The van der Waals surface area contributed by atoms with Gasteiger partial charge in [-0.2, -0.15) is 0 Å². The van der Waals surface area contributed by atoms with Gasteiger partial charge in [0.15, 0.2) is 6.10 Å². The van der Waals surface area contributed by atoms with Crippen LogP contribution in [0.3, 0.4) is 0 Å². The maximum atomic E-state index is 10.3. The van der Waals surface area contributed by atoms with Gasteiger partial charge in [0.25, 0.3) is 0 Å². The lowest BCUT2D eigenvalue weighted by Gasteiger charge is -2.39. The number of hydrogen-bond donors (Lipinski definition) is 6. The number of rotatable bonds is 5. The Labute approximate surface area is 89.1 Å². The van der Waals surface area contributed by atoms with Crippen molar-refractivity contribution >= 4 is 6.16 Å². The van der Waals surface area contributed by atoms with Crippen LogP contribution in [-0.4, -0.2) is 73.8 Å². The smallest absolute Gasteiger partial charge is 0.394 e. The Morgan fingerprint density at radius 2 is 1.62 bits per heavy atom. The van der Waals surface area contributed by atoms with Crippen molar-refractivity contribution in [3.8, 4) is 0 Å². The van der Waals surface area contributed by atoms with Crippen molar-refractivity contribution in [2.45, 2.75) is 30.4 Å². The molecule has 0 aromatic rings. The van der Waals surface area contributed by atoms with Gasteiger partial charge in [-0.15, -0.1) is 0 Å². The molecule has 4 atom stereocenters. The molecule has 1 rings (SSSR count). The van der Waals surface area contributed by atoms with Crippen molar-refractivity contribution < 1.29 is 44.9 Å². The lowest BCUT2D eigenvalue weighted by molar-refractivity contribution is -0.429. The van der Waals surface area contributed by atoms with Gasteiger partial charge in [0.05, 0.1) is 6.61 Å². The highest BCUT2D eigenvalue weighted by atomic mass is 17.0. The summed E-state index contributed by atoms with van der Waals surface area (Å²) < 4.78 is 8.00. The van der Waals surface area contributed by atoms with E-state index in [1.54, 1.807) is 0 Å². The first-order chi connectivity index (χ1) is 7.31. The molecule has 1 aliphatic rings. The molecule has 0 aromatic carbocycles. The number of carbonyl (C=O) groups is 1. The third-order valence-electron chi connectivity index (χ3n) is 2.09. The summed E-state index contributed by atoms with van der Waals surface area (Å²) >= 11 is 0. The molecule has 9 heteroatoms. The standard InChI is InChI=1S/C7H12O9/c8-1-2(9)3(10)4(11)5(12)7(14)15-6(13)16-7/h2-5,8-12,14H,1H2. The average Bonchev–Trinajstić information content (AvgIpc) is 2.22. The normalized spacial score (nSPS) is 25.8. The van der Waals surface area contributed by atoms with Crippen LogP contribution in [-0.2, 0) is 9.47 Å². The van der Waals surface area contributed by atoms with E-state index < -0.39 is 43.2 Å². The number of ether oxygens (including phenoxy) is 2. The molecule has 94 valence electrons. The summed E-state index contributed by atoms with van der Waals surface area (Å²) in [7, 11) is 0. The van der Waals surface area contributed by atoms with E-state index in [1.165, 1.54) is 0 Å². The maximum Gasteiger partial charge on any atom is 0.518 e. The van der Waals surface area contributed by atoms with E-state index in [-0.39, 0.29) is 0 Å². The molecule has 1 saturated heterocycles. The largest absolute Gasteiger partial charge is 0.518 e. The summed E-state index contributed by atoms with van der Waals surface area (Å²) in [5, 5.41) is 54.3. The molecule has 4 unspecified atom stereocenters. The van der Waals surface area contributed by atoms with Crippen molar-refractivity contribution in [2.24, 2.45) is 0 Å².